The van der Waals surface area contributed by atoms with E-state index in [0.717, 1.165) is 31.4 Å². The molecule has 1 unspecified atom stereocenters. The lowest BCUT2D eigenvalue weighted by Gasteiger charge is -2.57. The Morgan fingerprint density at radius 1 is 1.11 bits per heavy atom. The van der Waals surface area contributed by atoms with Crippen LogP contribution in [-0.2, 0) is 38.2 Å². The molecule has 1 spiro atoms. The second-order valence-electron chi connectivity index (χ2n) is 11.5. The van der Waals surface area contributed by atoms with Crippen molar-refractivity contribution >= 4 is 29.4 Å². The van der Waals surface area contributed by atoms with Gasteiger partial charge in [0.05, 0.1) is 11.8 Å². The number of esters is 2. The molecule has 10 nitrogen and oxygen atoms in total. The van der Waals surface area contributed by atoms with Crippen molar-refractivity contribution < 1.29 is 43.3 Å². The summed E-state index contributed by atoms with van der Waals surface area (Å²) in [4.78, 5) is 52.5. The molecule has 4 aliphatic carbocycles. The van der Waals surface area contributed by atoms with Crippen molar-refractivity contribution in [1.29, 1.82) is 0 Å². The van der Waals surface area contributed by atoms with E-state index in [4.69, 9.17) is 24.2 Å². The molecule has 0 aromatic rings. The smallest absolute Gasteiger partial charge is 0.344 e. The van der Waals surface area contributed by atoms with E-state index in [1.807, 2.05) is 0 Å². The maximum absolute atomic E-state index is 13.3. The number of rotatable bonds is 7. The molecule has 4 fully saturated rings. The summed E-state index contributed by atoms with van der Waals surface area (Å²) in [6.07, 6.45) is 6.56. The number of ether oxygens (including phenoxy) is 3. The van der Waals surface area contributed by atoms with Crippen molar-refractivity contribution in [2.75, 3.05) is 13.2 Å². The molecule has 0 amide bonds. The fourth-order valence-corrected chi connectivity index (χ4v) is 8.48. The minimum absolute atomic E-state index is 0.125. The summed E-state index contributed by atoms with van der Waals surface area (Å²) in [6.45, 7) is 4.20. The van der Waals surface area contributed by atoms with Gasteiger partial charge in [0.15, 0.2) is 5.78 Å². The third-order valence-electron chi connectivity index (χ3n) is 9.68. The number of carboxylic acids is 1. The molecule has 2 bridgehead atoms. The van der Waals surface area contributed by atoms with Gasteiger partial charge in [0.25, 0.3) is 0 Å². The van der Waals surface area contributed by atoms with Gasteiger partial charge < -0.3 is 24.2 Å². The van der Waals surface area contributed by atoms with Crippen LogP contribution in [0.25, 0.3) is 0 Å². The summed E-state index contributed by atoms with van der Waals surface area (Å²) >= 11 is 0. The topological polar surface area (TPSA) is 138 Å². The van der Waals surface area contributed by atoms with Gasteiger partial charge >= 0.3 is 17.9 Å². The summed E-state index contributed by atoms with van der Waals surface area (Å²) in [6, 6.07) is 0. The Hall–Kier alpha value is -2.75. The van der Waals surface area contributed by atoms with E-state index in [9.17, 15) is 19.2 Å². The first-order chi connectivity index (χ1) is 17.6. The Labute approximate surface area is 215 Å². The molecule has 0 aromatic heterocycles. The molecule has 1 heterocycles. The van der Waals surface area contributed by atoms with Crippen molar-refractivity contribution in [3.8, 4) is 0 Å². The van der Waals surface area contributed by atoms with Crippen LogP contribution in [0.15, 0.2) is 16.8 Å². The Balaban J connectivity index is 1.45. The van der Waals surface area contributed by atoms with E-state index in [1.165, 1.54) is 19.4 Å². The third-order valence-corrected chi connectivity index (χ3v) is 9.68. The number of carbonyl (C=O) groups is 4. The second-order valence-corrected chi connectivity index (χ2v) is 11.5. The Morgan fingerprint density at radius 3 is 2.59 bits per heavy atom. The summed E-state index contributed by atoms with van der Waals surface area (Å²) in [7, 11) is 0. The number of carbonyl (C=O) groups excluding carboxylic acids is 3. The summed E-state index contributed by atoms with van der Waals surface area (Å²) in [5, 5.41) is 12.9. The Bertz CT molecular complexity index is 1070. The molecule has 0 radical (unpaired) electrons. The van der Waals surface area contributed by atoms with E-state index in [0.29, 0.717) is 25.2 Å². The molecular weight excluding hydrogens is 482 g/mol. The first-order valence-electron chi connectivity index (χ1n) is 13.2. The van der Waals surface area contributed by atoms with E-state index in [2.05, 4.69) is 18.2 Å². The van der Waals surface area contributed by atoms with E-state index in [1.54, 1.807) is 0 Å². The first kappa shape index (κ1) is 25.9. The van der Waals surface area contributed by atoms with Gasteiger partial charge in [-0.25, -0.2) is 4.79 Å². The molecule has 10 heteroatoms. The largest absolute Gasteiger partial charge is 0.479 e. The van der Waals surface area contributed by atoms with Gasteiger partial charge in [-0.05, 0) is 74.2 Å². The minimum atomic E-state index is -1.06. The van der Waals surface area contributed by atoms with Gasteiger partial charge in [0.1, 0.15) is 6.61 Å². The van der Waals surface area contributed by atoms with Crippen LogP contribution in [0.1, 0.15) is 65.7 Å². The van der Waals surface area contributed by atoms with Gasteiger partial charge in [-0.2, -0.15) is 0 Å². The molecule has 5 rings (SSSR count). The van der Waals surface area contributed by atoms with Gasteiger partial charge in [-0.1, -0.05) is 17.7 Å². The average molecular weight is 518 g/mol. The lowest BCUT2D eigenvalue weighted by molar-refractivity contribution is -0.198. The number of aliphatic carboxylic acids is 1. The number of ketones is 1. The molecule has 202 valence electrons. The maximum Gasteiger partial charge on any atom is 0.344 e. The van der Waals surface area contributed by atoms with E-state index in [-0.39, 0.29) is 41.7 Å². The predicted octanol–water partition coefficient (Wildman–Crippen LogP) is 3.03. The molecular formula is C27H35NO9. The SMILES string of the molecule is CC(=O)OCC(=O)[C@H]1CC[C@H]2[C@@H]3CCC4=C/C(=N\OCC(=O)O)CC[C@]4(C)[C@H]3[C@@H]3C[C@]12C(OC(C)=O)O3. The lowest BCUT2D eigenvalue weighted by Crippen LogP contribution is -2.56. The first-order valence-corrected chi connectivity index (χ1v) is 13.2. The van der Waals surface area contributed by atoms with Gasteiger partial charge in [-0.3, -0.25) is 14.4 Å². The number of oxime groups is 1. The Kier molecular flexibility index (Phi) is 6.66. The molecule has 1 aliphatic heterocycles. The highest BCUT2D eigenvalue weighted by molar-refractivity contribution is 5.96. The van der Waals surface area contributed by atoms with Crippen LogP contribution in [-0.4, -0.2) is 60.1 Å². The minimum Gasteiger partial charge on any atom is -0.479 e. The second kappa shape index (κ2) is 9.53. The van der Waals surface area contributed by atoms with Crippen LogP contribution in [0.2, 0.25) is 0 Å². The van der Waals surface area contributed by atoms with Crippen LogP contribution in [0.5, 0.6) is 0 Å². The summed E-state index contributed by atoms with van der Waals surface area (Å²) < 4.78 is 17.4. The normalized spacial score (nSPS) is 40.6. The number of allylic oxidation sites excluding steroid dienone is 2. The number of hydrogen-bond acceptors (Lipinski definition) is 9. The molecule has 1 saturated heterocycles. The molecule has 3 saturated carbocycles. The molecule has 0 aromatic carbocycles. The number of hydrogen-bond donors (Lipinski definition) is 1. The van der Waals surface area contributed by atoms with Crippen LogP contribution in [0, 0.1) is 34.5 Å². The van der Waals surface area contributed by atoms with Crippen molar-refractivity contribution in [2.24, 2.45) is 39.7 Å². The Morgan fingerprint density at radius 2 is 1.89 bits per heavy atom. The molecule has 1 N–H and O–H groups in total. The van der Waals surface area contributed by atoms with Crippen LogP contribution >= 0.6 is 0 Å². The zero-order chi connectivity index (χ0) is 26.5. The van der Waals surface area contributed by atoms with Crippen LogP contribution < -0.4 is 0 Å². The third kappa shape index (κ3) is 4.27. The highest BCUT2D eigenvalue weighted by atomic mass is 16.7. The van der Waals surface area contributed by atoms with Crippen molar-refractivity contribution in [3.63, 3.8) is 0 Å². The lowest BCUT2D eigenvalue weighted by atomic mass is 9.46. The molecule has 37 heavy (non-hydrogen) atoms. The monoisotopic (exact) mass is 517 g/mol. The predicted molar refractivity (Wildman–Crippen MR) is 128 cm³/mol. The number of fused-ring (bicyclic) bond motifs is 6. The van der Waals surface area contributed by atoms with Crippen molar-refractivity contribution in [3.05, 3.63) is 11.6 Å². The fraction of sp³-hybridized carbons (Fsp3) is 0.741. The number of Topliss-reactive ketones (excluding diaryl/α,β-unsaturated/α-hetero) is 1. The highest BCUT2D eigenvalue weighted by Gasteiger charge is 2.72. The van der Waals surface area contributed by atoms with Crippen molar-refractivity contribution in [1.82, 2.24) is 0 Å². The molecule has 5 aliphatic rings. The van der Waals surface area contributed by atoms with Gasteiger partial charge in [-0.15, -0.1) is 0 Å². The summed E-state index contributed by atoms with van der Waals surface area (Å²) in [5.74, 6) is -1.81. The average Bonchev–Trinajstić information content (AvgIpc) is 3.36. The van der Waals surface area contributed by atoms with Crippen LogP contribution in [0.4, 0.5) is 0 Å². The standard InChI is InChI=1S/C27H35NO9/c1-14(29)34-12-21(31)20-7-6-19-18-5-4-16-10-17(28-35-13-23(32)33)8-9-26(16,3)24(18)22-11-27(19,20)25(37-22)36-15(2)30/h10,18-20,22,24-25H,4-9,11-13H2,1-3H3,(H,32,33)/b28-17-/t18-,19-,20+,22-,24+,25?,26-,27+/m0/s1. The van der Waals surface area contributed by atoms with Gasteiger partial charge in [0.2, 0.25) is 12.9 Å². The van der Waals surface area contributed by atoms with E-state index >= 15 is 0 Å². The zero-order valence-corrected chi connectivity index (χ0v) is 21.6. The quantitative estimate of drug-likeness (QED) is 0.399. The summed E-state index contributed by atoms with van der Waals surface area (Å²) in [5.41, 5.74) is 1.28. The number of carboxylic acid groups (broad SMARTS) is 1. The maximum atomic E-state index is 13.3. The highest BCUT2D eigenvalue weighted by Crippen LogP contribution is 2.71. The molecule has 8 atom stereocenters. The van der Waals surface area contributed by atoms with E-state index < -0.39 is 36.2 Å². The zero-order valence-electron chi connectivity index (χ0n) is 21.6. The van der Waals surface area contributed by atoms with Crippen LogP contribution in [0.3, 0.4) is 0 Å². The van der Waals surface area contributed by atoms with Crippen molar-refractivity contribution in [2.45, 2.75) is 78.1 Å². The number of nitrogens with zero attached hydrogens (tertiary/aromatic N) is 1. The van der Waals surface area contributed by atoms with Gasteiger partial charge in [0, 0.05) is 25.2 Å². The fourth-order valence-electron chi connectivity index (χ4n) is 8.48.